The van der Waals surface area contributed by atoms with Crippen molar-refractivity contribution in [1.82, 2.24) is 25.1 Å². The van der Waals surface area contributed by atoms with Crippen LogP contribution in [-0.2, 0) is 26.3 Å². The number of piperazine rings is 1. The first-order valence-corrected chi connectivity index (χ1v) is 21.3. The van der Waals surface area contributed by atoms with E-state index in [2.05, 4.69) is 75.3 Å². The third kappa shape index (κ3) is 10.6. The molecule has 2 fully saturated rings. The number of piperidine rings is 1. The third-order valence-electron chi connectivity index (χ3n) is 11.8. The molecule has 13 nitrogen and oxygen atoms in total. The summed E-state index contributed by atoms with van der Waals surface area (Å²) in [5.74, 6) is -0.235. The van der Waals surface area contributed by atoms with Gasteiger partial charge in [0, 0.05) is 63.1 Å². The van der Waals surface area contributed by atoms with Gasteiger partial charge >= 0.3 is 0 Å². The molecule has 0 aliphatic carbocycles. The molecule has 4 aromatic rings. The molecule has 2 saturated heterocycles. The third-order valence-corrected chi connectivity index (χ3v) is 11.8. The van der Waals surface area contributed by atoms with Gasteiger partial charge < -0.3 is 19.1 Å². The molecule has 3 aliphatic heterocycles. The minimum Gasteiger partial charge on any atom is -0.494 e. The molecule has 316 valence electrons. The monoisotopic (exact) mass is 816 g/mol. The van der Waals surface area contributed by atoms with Gasteiger partial charge in [-0.2, -0.15) is 0 Å². The Morgan fingerprint density at radius 1 is 0.717 bits per heavy atom. The van der Waals surface area contributed by atoms with Gasteiger partial charge in [0.15, 0.2) is 0 Å². The highest BCUT2D eigenvalue weighted by Gasteiger charge is 2.44. The van der Waals surface area contributed by atoms with Crippen molar-refractivity contribution in [3.05, 3.63) is 113 Å². The van der Waals surface area contributed by atoms with Crippen LogP contribution in [0.15, 0.2) is 85.3 Å². The van der Waals surface area contributed by atoms with E-state index in [9.17, 15) is 19.2 Å². The van der Waals surface area contributed by atoms with E-state index in [0.29, 0.717) is 24.3 Å². The van der Waals surface area contributed by atoms with Gasteiger partial charge in [-0.1, -0.05) is 63.8 Å². The number of nitrogens with one attached hydrogen (secondary N) is 1. The van der Waals surface area contributed by atoms with Gasteiger partial charge in [0.05, 0.1) is 30.0 Å². The number of hydrogen-bond donors (Lipinski definition) is 1. The molecule has 3 aliphatic rings. The average molecular weight is 817 g/mol. The number of hydrogen-bond acceptors (Lipinski definition) is 11. The molecule has 0 radical (unpaired) electrons. The first-order valence-electron chi connectivity index (χ1n) is 21.3. The Balaban J connectivity index is 0.707. The van der Waals surface area contributed by atoms with Gasteiger partial charge in [0.2, 0.25) is 11.8 Å². The fourth-order valence-corrected chi connectivity index (χ4v) is 8.05. The largest absolute Gasteiger partial charge is 0.494 e. The summed E-state index contributed by atoms with van der Waals surface area (Å²) in [7, 11) is 0. The van der Waals surface area contributed by atoms with Crippen molar-refractivity contribution >= 4 is 29.3 Å². The zero-order valence-corrected chi connectivity index (χ0v) is 34.8. The highest BCUT2D eigenvalue weighted by Crippen LogP contribution is 2.34. The Bertz CT molecular complexity index is 2090. The van der Waals surface area contributed by atoms with E-state index in [4.69, 9.17) is 14.2 Å². The van der Waals surface area contributed by atoms with Gasteiger partial charge in [-0.25, -0.2) is 9.97 Å². The summed E-state index contributed by atoms with van der Waals surface area (Å²) in [6.45, 7) is 11.3. The van der Waals surface area contributed by atoms with E-state index in [0.717, 1.165) is 99.4 Å². The van der Waals surface area contributed by atoms with Gasteiger partial charge in [-0.3, -0.25) is 34.3 Å². The number of unbranched alkanes of at least 4 members (excludes halogenated alkanes) is 5. The molecule has 60 heavy (non-hydrogen) atoms. The first-order chi connectivity index (χ1) is 29.2. The highest BCUT2D eigenvalue weighted by atomic mass is 16.5. The fraction of sp³-hybridized carbons (Fsp3) is 0.447. The number of carbonyl (C=O) groups excluding carboxylic acids is 4. The standard InChI is InChI=1S/C47H56N6O7/c1-47(2,35-11-16-39(17-12-35)60-32-36-21-22-48-33-49-36)34-9-14-38(15-10-34)59-29-8-6-4-3-5-7-28-58-30-27-51-23-25-52(26-24-51)37-13-18-40-41(31-37)46(57)53(45(40)56)42-19-20-43(54)50-44(42)55/h9-18,21-22,31,33,42H,3-8,19-20,23-30,32H2,1-2H3,(H,50,54,55). The zero-order chi connectivity index (χ0) is 41.9. The predicted octanol–water partition coefficient (Wildman–Crippen LogP) is 6.34. The SMILES string of the molecule is CC(C)(c1ccc(OCCCCCCCCOCCN2CCN(c3ccc4c(c3)C(=O)N(C3CCC(=O)NC3=O)C4=O)CC2)cc1)c1ccc(OCc2ccncn2)cc1. The number of anilines is 1. The minimum absolute atomic E-state index is 0.100. The van der Waals surface area contributed by atoms with Crippen LogP contribution in [0.1, 0.15) is 103 Å². The molecular formula is C47H56N6O7. The van der Waals surface area contributed by atoms with Crippen LogP contribution in [0.5, 0.6) is 11.5 Å². The van der Waals surface area contributed by atoms with Crippen LogP contribution < -0.4 is 19.7 Å². The Kier molecular flexibility index (Phi) is 14.2. The van der Waals surface area contributed by atoms with Gasteiger partial charge in [-0.15, -0.1) is 0 Å². The van der Waals surface area contributed by atoms with Crippen molar-refractivity contribution in [2.24, 2.45) is 0 Å². The number of nitrogens with zero attached hydrogens (tertiary/aromatic N) is 5. The second-order valence-electron chi connectivity index (χ2n) is 16.3. The summed E-state index contributed by atoms with van der Waals surface area (Å²) in [4.78, 5) is 64.0. The maximum absolute atomic E-state index is 13.2. The van der Waals surface area contributed by atoms with Gasteiger partial charge in [0.25, 0.3) is 11.8 Å². The van der Waals surface area contributed by atoms with Crippen LogP contribution in [0.3, 0.4) is 0 Å². The molecule has 1 N–H and O–H groups in total. The lowest BCUT2D eigenvalue weighted by molar-refractivity contribution is -0.136. The zero-order valence-electron chi connectivity index (χ0n) is 34.8. The van der Waals surface area contributed by atoms with Crippen molar-refractivity contribution in [2.75, 3.05) is 57.4 Å². The van der Waals surface area contributed by atoms with Crippen LogP contribution in [-0.4, -0.2) is 102 Å². The molecule has 13 heteroatoms. The minimum atomic E-state index is -0.961. The summed E-state index contributed by atoms with van der Waals surface area (Å²) in [5.41, 5.74) is 4.62. The maximum atomic E-state index is 13.2. The van der Waals surface area contributed by atoms with Crippen LogP contribution in [0.2, 0.25) is 0 Å². The quantitative estimate of drug-likeness (QED) is 0.0789. The predicted molar refractivity (Wildman–Crippen MR) is 227 cm³/mol. The van der Waals surface area contributed by atoms with Gasteiger partial charge in [0.1, 0.15) is 30.5 Å². The number of aromatic nitrogens is 2. The van der Waals surface area contributed by atoms with Crippen LogP contribution >= 0.6 is 0 Å². The molecule has 0 spiro atoms. The normalized spacial score (nSPS) is 17.2. The number of ether oxygens (including phenoxy) is 3. The van der Waals surface area contributed by atoms with E-state index in [1.54, 1.807) is 18.3 Å². The molecule has 1 aromatic heterocycles. The smallest absolute Gasteiger partial charge is 0.262 e. The first kappa shape index (κ1) is 42.5. The van der Waals surface area contributed by atoms with Crippen molar-refractivity contribution in [1.29, 1.82) is 0 Å². The van der Waals surface area contributed by atoms with Crippen molar-refractivity contribution in [3.63, 3.8) is 0 Å². The second kappa shape index (κ2) is 20.1. The molecular weight excluding hydrogens is 761 g/mol. The second-order valence-corrected chi connectivity index (χ2v) is 16.3. The Morgan fingerprint density at radius 2 is 1.37 bits per heavy atom. The molecule has 0 saturated carbocycles. The molecule has 1 atom stereocenters. The summed E-state index contributed by atoms with van der Waals surface area (Å²) < 4.78 is 17.9. The topological polar surface area (TPSA) is 144 Å². The lowest BCUT2D eigenvalue weighted by atomic mass is 9.78. The molecule has 4 amide bonds. The summed E-state index contributed by atoms with van der Waals surface area (Å²) in [6, 6.07) is 22.9. The highest BCUT2D eigenvalue weighted by molar-refractivity contribution is 6.23. The number of benzene rings is 3. The summed E-state index contributed by atoms with van der Waals surface area (Å²) in [6.07, 6.45) is 10.3. The number of imide groups is 2. The van der Waals surface area contributed by atoms with E-state index in [-0.39, 0.29) is 24.2 Å². The van der Waals surface area contributed by atoms with Crippen LogP contribution in [0, 0.1) is 0 Å². The molecule has 7 rings (SSSR count). The number of carbonyl (C=O) groups is 4. The van der Waals surface area contributed by atoms with Crippen LogP contribution in [0.25, 0.3) is 0 Å². The molecule has 3 aromatic carbocycles. The average Bonchev–Trinajstić information content (AvgIpc) is 3.51. The van der Waals surface area contributed by atoms with Crippen molar-refractivity contribution in [3.8, 4) is 11.5 Å². The van der Waals surface area contributed by atoms with E-state index < -0.39 is 23.8 Å². The van der Waals surface area contributed by atoms with E-state index >= 15 is 0 Å². The Hall–Kier alpha value is -5.66. The van der Waals surface area contributed by atoms with Crippen molar-refractivity contribution < 1.29 is 33.4 Å². The lowest BCUT2D eigenvalue weighted by Gasteiger charge is -2.36. The Labute approximate surface area is 352 Å². The lowest BCUT2D eigenvalue weighted by Crippen LogP contribution is -2.54. The van der Waals surface area contributed by atoms with E-state index in [1.165, 1.54) is 30.3 Å². The summed E-state index contributed by atoms with van der Waals surface area (Å²) in [5, 5.41) is 2.24. The summed E-state index contributed by atoms with van der Waals surface area (Å²) >= 11 is 0. The van der Waals surface area contributed by atoms with Crippen LogP contribution in [0.4, 0.5) is 5.69 Å². The van der Waals surface area contributed by atoms with Gasteiger partial charge in [-0.05, 0) is 78.9 Å². The van der Waals surface area contributed by atoms with E-state index in [1.807, 2.05) is 24.3 Å². The molecule has 0 bridgehead atoms. The van der Waals surface area contributed by atoms with Crippen molar-refractivity contribution in [2.45, 2.75) is 83.3 Å². The molecule has 4 heterocycles. The number of fused-ring (bicyclic) bond motifs is 1. The fourth-order valence-electron chi connectivity index (χ4n) is 8.05. The number of rotatable bonds is 20. The number of amides is 4. The molecule has 1 unspecified atom stereocenters. The Morgan fingerprint density at radius 3 is 2.03 bits per heavy atom. The maximum Gasteiger partial charge on any atom is 0.262 e.